The second-order valence-electron chi connectivity index (χ2n) is 9.05. The Morgan fingerprint density at radius 2 is 0.920 bits per heavy atom. The van der Waals surface area contributed by atoms with E-state index in [0.29, 0.717) is 0 Å². The summed E-state index contributed by atoms with van der Waals surface area (Å²) in [7, 11) is 0.491. The molecule has 0 N–H and O–H groups in total. The van der Waals surface area contributed by atoms with E-state index >= 15 is 0 Å². The van der Waals surface area contributed by atoms with Gasteiger partial charge in [-0.15, -0.1) is 0 Å². The molecule has 0 aromatic rings. The van der Waals surface area contributed by atoms with Gasteiger partial charge in [0.05, 0.1) is 40.0 Å². The highest BCUT2D eigenvalue weighted by molar-refractivity contribution is 7.58. The van der Waals surface area contributed by atoms with Crippen molar-refractivity contribution in [3.8, 4) is 0 Å². The van der Waals surface area contributed by atoms with E-state index < -0.39 is 0 Å². The second-order valence-corrected chi connectivity index (χ2v) is 13.7. The summed E-state index contributed by atoms with van der Waals surface area (Å²) in [6.07, 6.45) is 13.1. The number of hydrogen-bond acceptors (Lipinski definition) is 6. The number of hydrogen-bond donors (Lipinski definition) is 0. The van der Waals surface area contributed by atoms with Gasteiger partial charge in [-0.1, -0.05) is 35.1 Å². The van der Waals surface area contributed by atoms with Gasteiger partial charge in [-0.2, -0.15) is 0 Å². The molecular weight excluding hydrogens is 350 g/mol. The first-order chi connectivity index (χ1) is 12.3. The van der Waals surface area contributed by atoms with Crippen molar-refractivity contribution in [3.63, 3.8) is 0 Å². The fourth-order valence-electron chi connectivity index (χ4n) is 6.11. The number of unbranched alkanes of at least 4 members (excludes halogenated alkanes) is 2. The molecule has 0 spiro atoms. The van der Waals surface area contributed by atoms with Gasteiger partial charge < -0.3 is 0 Å². The van der Waals surface area contributed by atoms with E-state index in [1.54, 1.807) is 0 Å². The third-order valence-corrected chi connectivity index (χ3v) is 12.9. The van der Waals surface area contributed by atoms with Gasteiger partial charge in [0.15, 0.2) is 0 Å². The fourth-order valence-corrected chi connectivity index (χ4v) is 12.1. The van der Waals surface area contributed by atoms with Gasteiger partial charge in [0.2, 0.25) is 0 Å². The molecule has 6 unspecified atom stereocenters. The van der Waals surface area contributed by atoms with E-state index in [1.807, 2.05) is 0 Å². The molecule has 8 rings (SSSR count). The Morgan fingerprint density at radius 1 is 0.520 bits per heavy atom. The zero-order valence-electron chi connectivity index (χ0n) is 15.3. The molecule has 0 saturated carbocycles. The van der Waals surface area contributed by atoms with E-state index in [9.17, 15) is 0 Å². The normalized spacial score (nSPS) is 55.2. The predicted octanol–water partition coefficient (Wildman–Crippen LogP) is 2.02. The smallest absolute Gasteiger partial charge is 0.0540 e. The summed E-state index contributed by atoms with van der Waals surface area (Å²) < 4.78 is 0. The lowest BCUT2D eigenvalue weighted by Gasteiger charge is -2.59. The molecule has 140 valence electrons. The first-order valence-electron chi connectivity index (χ1n) is 10.2. The van der Waals surface area contributed by atoms with Crippen LogP contribution in [0.2, 0.25) is 0 Å². The minimum Gasteiger partial charge on any atom is -0.273 e. The summed E-state index contributed by atoms with van der Waals surface area (Å²) in [5.74, 6) is 1.91. The lowest BCUT2D eigenvalue weighted by Crippen LogP contribution is -2.65. The quantitative estimate of drug-likeness (QED) is 0.514. The van der Waals surface area contributed by atoms with Crippen LogP contribution in [0.4, 0.5) is 0 Å². The predicted molar refractivity (Wildman–Crippen MR) is 104 cm³/mol. The van der Waals surface area contributed by atoms with Crippen molar-refractivity contribution in [1.29, 1.82) is 0 Å². The zero-order valence-corrected chi connectivity index (χ0v) is 17.1. The van der Waals surface area contributed by atoms with Crippen molar-refractivity contribution in [2.24, 2.45) is 0 Å². The van der Waals surface area contributed by atoms with Crippen LogP contribution in [0.3, 0.4) is 0 Å². The number of rotatable bonds is 6. The molecule has 8 aliphatic rings. The van der Waals surface area contributed by atoms with Gasteiger partial charge in [0, 0.05) is 36.7 Å². The Kier molecular flexibility index (Phi) is 4.37. The highest BCUT2D eigenvalue weighted by Crippen LogP contribution is 2.55. The Morgan fingerprint density at radius 3 is 1.28 bits per heavy atom. The highest BCUT2D eigenvalue weighted by atomic mass is 31.1. The molecule has 8 heteroatoms. The molecule has 0 aliphatic carbocycles. The van der Waals surface area contributed by atoms with Crippen LogP contribution in [-0.2, 0) is 0 Å². The molecule has 0 amide bonds. The van der Waals surface area contributed by atoms with E-state index in [4.69, 9.17) is 0 Å². The Bertz CT molecular complexity index is 419. The van der Waals surface area contributed by atoms with Gasteiger partial charge in [-0.3, -0.25) is 29.4 Å². The van der Waals surface area contributed by atoms with Crippen LogP contribution < -0.4 is 0 Å². The maximum Gasteiger partial charge on any atom is 0.0540 e. The summed E-state index contributed by atoms with van der Waals surface area (Å²) >= 11 is 0. The Balaban J connectivity index is 0.958. The van der Waals surface area contributed by atoms with E-state index in [1.165, 1.54) is 97.3 Å². The minimum absolute atomic E-state index is 0.246. The summed E-state index contributed by atoms with van der Waals surface area (Å²) in [4.78, 5) is 16.3. The van der Waals surface area contributed by atoms with Gasteiger partial charge in [0.25, 0.3) is 0 Å². The van der Waals surface area contributed by atoms with E-state index in [0.717, 1.165) is 11.6 Å². The largest absolute Gasteiger partial charge is 0.273 e. The molecule has 0 aromatic carbocycles. The van der Waals surface area contributed by atoms with Crippen LogP contribution in [-0.4, -0.2) is 106 Å². The minimum atomic E-state index is 0.246. The van der Waals surface area contributed by atoms with Crippen molar-refractivity contribution in [1.82, 2.24) is 29.4 Å². The molecule has 0 radical (unpaired) electrons. The molecule has 25 heavy (non-hydrogen) atoms. The molecule has 6 nitrogen and oxygen atoms in total. The molecule has 8 saturated heterocycles. The average molecular weight is 382 g/mol. The van der Waals surface area contributed by atoms with Crippen LogP contribution in [0.25, 0.3) is 0 Å². The van der Waals surface area contributed by atoms with Gasteiger partial charge >= 0.3 is 0 Å². The van der Waals surface area contributed by atoms with Crippen LogP contribution in [0, 0.1) is 0 Å². The third kappa shape index (κ3) is 3.02. The Labute approximate surface area is 154 Å². The topological polar surface area (TPSA) is 19.4 Å². The molecule has 8 bridgehead atoms. The van der Waals surface area contributed by atoms with Crippen LogP contribution in [0.15, 0.2) is 0 Å². The van der Waals surface area contributed by atoms with Gasteiger partial charge in [0.1, 0.15) is 0 Å². The molecule has 6 atom stereocenters. The standard InChI is InChI=1S/C17H32N6P2/c1(2-4-16-22-8-18-6-19(9-22)13-24(16)12-18)3-5-17-23-10-20-7-21(11-23)15-25(17)14-20/h16-17H,1-15H2. The van der Waals surface area contributed by atoms with Crippen LogP contribution in [0.1, 0.15) is 32.1 Å². The molecule has 8 aliphatic heterocycles. The van der Waals surface area contributed by atoms with Gasteiger partial charge in [-0.05, 0) is 12.8 Å². The zero-order chi connectivity index (χ0) is 16.4. The lowest BCUT2D eigenvalue weighted by atomic mass is 10.1. The molecular formula is C17H32N6P2. The molecule has 8 heterocycles. The second kappa shape index (κ2) is 6.60. The molecule has 0 aromatic heterocycles. The van der Waals surface area contributed by atoms with E-state index in [-0.39, 0.29) is 15.8 Å². The lowest BCUT2D eigenvalue weighted by molar-refractivity contribution is -0.0488. The van der Waals surface area contributed by atoms with E-state index in [2.05, 4.69) is 29.4 Å². The summed E-state index contributed by atoms with van der Waals surface area (Å²) in [5.41, 5.74) is 0. The van der Waals surface area contributed by atoms with Crippen molar-refractivity contribution in [3.05, 3.63) is 0 Å². The third-order valence-electron chi connectivity index (χ3n) is 6.96. The maximum atomic E-state index is 2.79. The van der Waals surface area contributed by atoms with Gasteiger partial charge in [-0.25, -0.2) is 0 Å². The first-order valence-corrected chi connectivity index (χ1v) is 13.7. The van der Waals surface area contributed by atoms with Crippen LogP contribution >= 0.6 is 15.8 Å². The maximum absolute atomic E-state index is 2.79. The first kappa shape index (κ1) is 16.6. The highest BCUT2D eigenvalue weighted by Gasteiger charge is 2.45. The number of nitrogens with zero attached hydrogens (tertiary/aromatic N) is 6. The monoisotopic (exact) mass is 382 g/mol. The van der Waals surface area contributed by atoms with Crippen molar-refractivity contribution >= 4 is 15.8 Å². The van der Waals surface area contributed by atoms with Crippen LogP contribution in [0.5, 0.6) is 0 Å². The van der Waals surface area contributed by atoms with Crippen molar-refractivity contribution in [2.45, 2.75) is 43.7 Å². The SMILES string of the molecule is C(CCC1N2CN3CN(C2)CP1C3)CCC1N2CN3CN(C2)CP1C3. The summed E-state index contributed by atoms with van der Waals surface area (Å²) in [6.45, 7) is 7.53. The molecule has 8 fully saturated rings. The average Bonchev–Trinajstić information content (AvgIpc) is 2.57. The summed E-state index contributed by atoms with van der Waals surface area (Å²) in [5, 5.41) is 0. The summed E-state index contributed by atoms with van der Waals surface area (Å²) in [6, 6.07) is 0. The van der Waals surface area contributed by atoms with Crippen molar-refractivity contribution < 1.29 is 0 Å². The van der Waals surface area contributed by atoms with Crippen molar-refractivity contribution in [2.75, 3.05) is 65.2 Å². The fraction of sp³-hybridized carbons (Fsp3) is 1.00. The Hall–Kier alpha value is 0.620.